The number of hydrogen-bond donors (Lipinski definition) is 0. The van der Waals surface area contributed by atoms with E-state index in [4.69, 9.17) is 0 Å². The topological polar surface area (TPSA) is 0 Å². The lowest BCUT2D eigenvalue weighted by molar-refractivity contribution is 0.432. The van der Waals surface area contributed by atoms with Crippen LogP contribution in [-0.4, -0.2) is 15.5 Å². The molecule has 0 radical (unpaired) electrons. The van der Waals surface area contributed by atoms with Crippen molar-refractivity contribution < 1.29 is 0 Å². The van der Waals surface area contributed by atoms with Crippen molar-refractivity contribution in [3.8, 4) is 0 Å². The van der Waals surface area contributed by atoms with E-state index in [1.165, 1.54) is 89.9 Å². The Morgan fingerprint density at radius 3 is 1.04 bits per heavy atom. The van der Waals surface area contributed by atoms with E-state index < -0.39 is 0 Å². The first-order valence-corrected chi connectivity index (χ1v) is 12.8. The Labute approximate surface area is 167 Å². The average molecular weight is 407 g/mol. The Bertz CT molecular complexity index is 287. The van der Waals surface area contributed by atoms with Crippen LogP contribution in [0.4, 0.5) is 0 Å². The van der Waals surface area contributed by atoms with Gasteiger partial charge >= 0.3 is 0 Å². The van der Waals surface area contributed by atoms with Gasteiger partial charge in [0, 0.05) is 0 Å². The molecule has 0 heterocycles. The monoisotopic (exact) mass is 406 g/mol. The van der Waals surface area contributed by atoms with Gasteiger partial charge in [-0.1, -0.05) is 73.1 Å². The molecule has 0 aliphatic carbocycles. The third-order valence-electron chi connectivity index (χ3n) is 6.66. The predicted molar refractivity (Wildman–Crippen MR) is 130 cm³/mol. The maximum atomic E-state index is 3.17. The van der Waals surface area contributed by atoms with Crippen LogP contribution in [0.1, 0.15) is 125 Å². The van der Waals surface area contributed by atoms with Gasteiger partial charge in [-0.25, -0.2) is 0 Å². The predicted octanol–water partition coefficient (Wildman–Crippen LogP) is 8.39. The van der Waals surface area contributed by atoms with Crippen molar-refractivity contribution in [2.24, 2.45) is 0 Å². The van der Waals surface area contributed by atoms with Crippen LogP contribution in [0, 0.1) is 0 Å². The molecule has 0 bridgehead atoms. The maximum absolute atomic E-state index is 3.17. The highest BCUT2D eigenvalue weighted by Gasteiger charge is 2.21. The molecule has 0 spiro atoms. The summed E-state index contributed by atoms with van der Waals surface area (Å²) in [4.78, 5) is 0. The lowest BCUT2D eigenvalue weighted by Gasteiger charge is -2.28. The first kappa shape index (κ1) is 26.3. The van der Waals surface area contributed by atoms with Gasteiger partial charge in [0.25, 0.3) is 0 Å². The van der Waals surface area contributed by atoms with Crippen LogP contribution < -0.4 is 0 Å². The Kier molecular flexibility index (Phi) is 14.2. The SMILES string of the molecule is CCC(P)(CC)CCCCCC(C)(P)CCCCCC(P)(CC)CC. The standard InChI is InChI=1S/C22H49P3/c1-6-21(24,7-2)18-14-10-12-16-20(5,23)17-13-11-15-19-22(25,8-3)9-4/h6-19,23-25H2,1-5H3. The molecule has 0 aromatic rings. The van der Waals surface area contributed by atoms with Crippen molar-refractivity contribution in [3.05, 3.63) is 0 Å². The zero-order valence-electron chi connectivity index (χ0n) is 18.1. The van der Waals surface area contributed by atoms with E-state index in [9.17, 15) is 0 Å². The number of rotatable bonds is 16. The van der Waals surface area contributed by atoms with Gasteiger partial charge in [0.05, 0.1) is 0 Å². The van der Waals surface area contributed by atoms with E-state index in [1.54, 1.807) is 0 Å². The van der Waals surface area contributed by atoms with Crippen molar-refractivity contribution in [2.45, 2.75) is 140 Å². The summed E-state index contributed by atoms with van der Waals surface area (Å²) in [7, 11) is 9.41. The van der Waals surface area contributed by atoms with Crippen molar-refractivity contribution in [3.63, 3.8) is 0 Å². The number of unbranched alkanes of at least 4 members (excludes halogenated alkanes) is 4. The third-order valence-corrected chi connectivity index (χ3v) is 9.45. The fraction of sp³-hybridized carbons (Fsp3) is 1.00. The van der Waals surface area contributed by atoms with Crippen molar-refractivity contribution in [1.29, 1.82) is 0 Å². The van der Waals surface area contributed by atoms with Crippen LogP contribution in [-0.2, 0) is 0 Å². The summed E-state index contributed by atoms with van der Waals surface area (Å²) < 4.78 is 0. The summed E-state index contributed by atoms with van der Waals surface area (Å²) in [5.41, 5.74) is 0. The molecular weight excluding hydrogens is 357 g/mol. The lowest BCUT2D eigenvalue weighted by Crippen LogP contribution is -2.18. The summed E-state index contributed by atoms with van der Waals surface area (Å²) in [6.07, 6.45) is 19.1. The smallest absolute Gasteiger partial charge is 0.0155 e. The van der Waals surface area contributed by atoms with Gasteiger partial charge in [0.2, 0.25) is 0 Å². The van der Waals surface area contributed by atoms with Crippen LogP contribution in [0.5, 0.6) is 0 Å². The Morgan fingerprint density at radius 1 is 0.480 bits per heavy atom. The van der Waals surface area contributed by atoms with E-state index in [2.05, 4.69) is 62.3 Å². The molecule has 3 unspecified atom stereocenters. The van der Waals surface area contributed by atoms with Gasteiger partial charge in [-0.3, -0.25) is 0 Å². The second-order valence-corrected chi connectivity index (χ2v) is 12.8. The van der Waals surface area contributed by atoms with Gasteiger partial charge < -0.3 is 0 Å². The molecule has 0 rings (SSSR count). The minimum absolute atomic E-state index is 0.459. The zero-order chi connectivity index (χ0) is 19.4. The van der Waals surface area contributed by atoms with Crippen molar-refractivity contribution in [2.75, 3.05) is 0 Å². The molecule has 0 saturated heterocycles. The minimum atomic E-state index is 0.459. The van der Waals surface area contributed by atoms with Crippen molar-refractivity contribution >= 4 is 27.7 Å². The molecule has 3 atom stereocenters. The molecule has 0 nitrogen and oxygen atoms in total. The average Bonchev–Trinajstić information content (AvgIpc) is 2.60. The molecular formula is C22H49P3. The van der Waals surface area contributed by atoms with Crippen LogP contribution >= 0.6 is 27.7 Å². The third kappa shape index (κ3) is 12.4. The molecule has 0 aliphatic rings. The molecule has 0 saturated carbocycles. The molecule has 25 heavy (non-hydrogen) atoms. The van der Waals surface area contributed by atoms with Gasteiger partial charge in [0.15, 0.2) is 0 Å². The highest BCUT2D eigenvalue weighted by Crippen LogP contribution is 2.36. The Balaban J connectivity index is 3.81. The molecule has 0 fully saturated rings. The summed E-state index contributed by atoms with van der Waals surface area (Å²) >= 11 is 0. The highest BCUT2D eigenvalue weighted by atomic mass is 31.0. The molecule has 0 aromatic carbocycles. The second kappa shape index (κ2) is 13.5. The summed E-state index contributed by atoms with van der Waals surface area (Å²) in [6, 6.07) is 0. The summed E-state index contributed by atoms with van der Waals surface area (Å²) in [6.45, 7) is 11.8. The lowest BCUT2D eigenvalue weighted by atomic mass is 9.91. The fourth-order valence-electron chi connectivity index (χ4n) is 3.70. The quantitative estimate of drug-likeness (QED) is 0.178. The van der Waals surface area contributed by atoms with E-state index in [1.807, 2.05) is 0 Å². The Morgan fingerprint density at radius 2 is 0.760 bits per heavy atom. The first-order valence-electron chi connectivity index (χ1n) is 11.0. The van der Waals surface area contributed by atoms with Gasteiger partial charge in [-0.15, -0.1) is 27.7 Å². The number of hydrogen-bond acceptors (Lipinski definition) is 0. The molecule has 0 aromatic heterocycles. The van der Waals surface area contributed by atoms with E-state index >= 15 is 0 Å². The normalized spacial score (nSPS) is 13.4. The van der Waals surface area contributed by atoms with E-state index in [0.717, 1.165) is 0 Å². The summed E-state index contributed by atoms with van der Waals surface area (Å²) in [5, 5.41) is 1.48. The molecule has 152 valence electrons. The molecule has 0 aliphatic heterocycles. The second-order valence-electron chi connectivity index (χ2n) is 8.91. The van der Waals surface area contributed by atoms with Gasteiger partial charge in [-0.05, 0) is 66.8 Å². The van der Waals surface area contributed by atoms with Crippen molar-refractivity contribution in [1.82, 2.24) is 0 Å². The highest BCUT2D eigenvalue weighted by molar-refractivity contribution is 7.19. The minimum Gasteiger partial charge on any atom is -0.131 e. The van der Waals surface area contributed by atoms with Crippen LogP contribution in [0.15, 0.2) is 0 Å². The molecule has 0 amide bonds. The van der Waals surface area contributed by atoms with E-state index in [-0.39, 0.29) is 0 Å². The molecule has 3 heteroatoms. The van der Waals surface area contributed by atoms with Gasteiger partial charge in [-0.2, -0.15) is 0 Å². The fourth-order valence-corrected chi connectivity index (χ4v) is 4.51. The van der Waals surface area contributed by atoms with Crippen LogP contribution in [0.3, 0.4) is 0 Å². The Hall–Kier alpha value is 1.29. The van der Waals surface area contributed by atoms with Crippen LogP contribution in [0.25, 0.3) is 0 Å². The zero-order valence-corrected chi connectivity index (χ0v) is 21.6. The van der Waals surface area contributed by atoms with Gasteiger partial charge in [0.1, 0.15) is 0 Å². The van der Waals surface area contributed by atoms with E-state index in [0.29, 0.717) is 15.5 Å². The maximum Gasteiger partial charge on any atom is -0.0155 e. The largest absolute Gasteiger partial charge is 0.131 e. The molecule has 0 N–H and O–H groups in total. The summed E-state index contributed by atoms with van der Waals surface area (Å²) in [5.74, 6) is 0. The van der Waals surface area contributed by atoms with Crippen LogP contribution in [0.2, 0.25) is 0 Å². The first-order chi connectivity index (χ1) is 11.7.